The number of hydrogen-bond acceptors (Lipinski definition) is 10. The summed E-state index contributed by atoms with van der Waals surface area (Å²) < 4.78 is 0. The van der Waals surface area contributed by atoms with E-state index in [9.17, 15) is 33.6 Å². The number of nitrogens with two attached hydrogens (primary N) is 4. The molecule has 2 rings (SSSR count). The average molecular weight is 762 g/mol. The smallest absolute Gasteiger partial charge is 0.245 e. The second-order valence-corrected chi connectivity index (χ2v) is 13.4. The molecular formula is C32H55N15O7. The molecule has 1 saturated heterocycles. The van der Waals surface area contributed by atoms with Crippen molar-refractivity contribution >= 4 is 53.3 Å². The number of guanidine groups is 2. The summed E-state index contributed by atoms with van der Waals surface area (Å²) in [5, 5.41) is 30.3. The van der Waals surface area contributed by atoms with Crippen LogP contribution < -0.4 is 54.8 Å². The average Bonchev–Trinajstić information content (AvgIpc) is 3.81. The lowest BCUT2D eigenvalue weighted by atomic mass is 9.90. The monoisotopic (exact) mass is 761 g/mol. The standard InChI is InChI=1S/C32H55N15O7/c1-32(2,28(53)40-14-11-18-16-39-17-43-18)29(54)46-20(9-10-23(33)48)25(50)45-21(7-4-13-42-31(37)38)27(52)47-15-5-8-22(47)26(51)44-19(24(34)49)6-3-12-41-30(35)36/h16-17,19-22H,3-15H2,1-2H3,(H2,33,48)(H2,34,49)(H,39,43)(H,40,53)(H,44,51)(H,45,50)(H,46,54)(H4,35,36,41)(H4,37,38,42)/t19-,20+,21+,22+/m1/s1. The number of carbonyl (C=O) groups is 7. The fraction of sp³-hybridized carbons (Fsp3) is 0.625. The first kappa shape index (κ1) is 44.2. The van der Waals surface area contributed by atoms with Crippen molar-refractivity contribution in [2.45, 2.75) is 95.8 Å². The third kappa shape index (κ3) is 14.6. The minimum absolute atomic E-state index is 0.0173. The van der Waals surface area contributed by atoms with E-state index in [0.29, 0.717) is 19.3 Å². The van der Waals surface area contributed by atoms with E-state index in [0.717, 1.165) is 5.69 Å². The van der Waals surface area contributed by atoms with E-state index >= 15 is 0 Å². The Morgan fingerprint density at radius 2 is 1.48 bits per heavy atom. The number of H-pyrrole nitrogens is 1. The van der Waals surface area contributed by atoms with Gasteiger partial charge in [-0.05, 0) is 58.8 Å². The first-order valence-electron chi connectivity index (χ1n) is 17.6. The highest BCUT2D eigenvalue weighted by atomic mass is 16.2. The molecule has 0 unspecified atom stereocenters. The van der Waals surface area contributed by atoms with Crippen LogP contribution in [-0.2, 0) is 40.0 Å². The van der Waals surface area contributed by atoms with Crippen LogP contribution in [0.3, 0.4) is 0 Å². The van der Waals surface area contributed by atoms with Gasteiger partial charge in [0.15, 0.2) is 11.9 Å². The minimum Gasteiger partial charge on any atom is -0.370 e. The Morgan fingerprint density at radius 1 is 0.852 bits per heavy atom. The predicted molar refractivity (Wildman–Crippen MR) is 196 cm³/mol. The SMILES string of the molecule is CC(C)(C(=O)NCCc1cnc[nH]1)C(=O)N[C@@H](CCC(N)=O)C(=O)N[C@@H](CCCNC(=N)N)C(=O)N1CCC[C@H]1C(=O)N[C@H](CCCNC(=N)N)C(N)=O. The molecule has 0 aliphatic carbocycles. The second kappa shape index (κ2) is 21.5. The van der Waals surface area contributed by atoms with Crippen LogP contribution in [0, 0.1) is 16.2 Å². The zero-order chi connectivity index (χ0) is 40.4. The second-order valence-electron chi connectivity index (χ2n) is 13.4. The number of imidazole rings is 1. The van der Waals surface area contributed by atoms with Gasteiger partial charge < -0.3 is 64.7 Å². The molecule has 0 bridgehead atoms. The molecule has 0 radical (unpaired) electrons. The molecule has 1 aliphatic heterocycles. The Labute approximate surface area is 312 Å². The lowest BCUT2D eigenvalue weighted by Crippen LogP contribution is -2.59. The first-order chi connectivity index (χ1) is 25.4. The van der Waals surface area contributed by atoms with Crippen LogP contribution in [0.25, 0.3) is 0 Å². The van der Waals surface area contributed by atoms with E-state index in [1.165, 1.54) is 25.1 Å². The molecule has 17 N–H and O–H groups in total. The van der Waals surface area contributed by atoms with Gasteiger partial charge in [0.05, 0.1) is 6.33 Å². The van der Waals surface area contributed by atoms with Gasteiger partial charge in [-0.2, -0.15) is 0 Å². The van der Waals surface area contributed by atoms with Crippen molar-refractivity contribution in [2.75, 3.05) is 26.2 Å². The normalized spacial score (nSPS) is 15.5. The van der Waals surface area contributed by atoms with Crippen LogP contribution in [0.1, 0.15) is 70.9 Å². The molecule has 1 aliphatic rings. The maximum atomic E-state index is 14.1. The number of rotatable bonds is 23. The molecule has 0 spiro atoms. The third-order valence-electron chi connectivity index (χ3n) is 8.75. The van der Waals surface area contributed by atoms with Crippen LogP contribution in [0.15, 0.2) is 12.5 Å². The Bertz CT molecular complexity index is 1500. The van der Waals surface area contributed by atoms with Crippen molar-refractivity contribution in [1.29, 1.82) is 10.8 Å². The largest absolute Gasteiger partial charge is 0.370 e. The molecule has 0 saturated carbocycles. The van der Waals surface area contributed by atoms with Gasteiger partial charge >= 0.3 is 0 Å². The third-order valence-corrected chi connectivity index (χ3v) is 8.75. The van der Waals surface area contributed by atoms with Gasteiger partial charge in [-0.3, -0.25) is 44.4 Å². The summed E-state index contributed by atoms with van der Waals surface area (Å²) in [6.45, 7) is 3.53. The maximum Gasteiger partial charge on any atom is 0.245 e. The highest BCUT2D eigenvalue weighted by Crippen LogP contribution is 2.21. The molecule has 2 heterocycles. The number of nitrogens with one attached hydrogen (secondary N) is 9. The van der Waals surface area contributed by atoms with Gasteiger partial charge in [-0.1, -0.05) is 0 Å². The number of aromatic amines is 1. The lowest BCUT2D eigenvalue weighted by Gasteiger charge is -2.31. The van der Waals surface area contributed by atoms with E-state index in [1.54, 1.807) is 6.20 Å². The first-order valence-corrected chi connectivity index (χ1v) is 17.6. The van der Waals surface area contributed by atoms with Crippen molar-refractivity contribution in [1.82, 2.24) is 46.8 Å². The van der Waals surface area contributed by atoms with Crippen LogP contribution in [0.4, 0.5) is 0 Å². The number of carbonyl (C=O) groups excluding carboxylic acids is 7. The topological polar surface area (TPSA) is 375 Å². The van der Waals surface area contributed by atoms with Crippen LogP contribution in [0.2, 0.25) is 0 Å². The molecule has 1 aromatic heterocycles. The molecule has 4 atom stereocenters. The van der Waals surface area contributed by atoms with Crippen molar-refractivity contribution in [3.05, 3.63) is 18.2 Å². The van der Waals surface area contributed by atoms with Gasteiger partial charge in [0, 0.05) is 50.9 Å². The molecule has 1 aromatic rings. The fourth-order valence-electron chi connectivity index (χ4n) is 5.60. The van der Waals surface area contributed by atoms with Crippen molar-refractivity contribution in [3.63, 3.8) is 0 Å². The van der Waals surface area contributed by atoms with E-state index in [-0.39, 0.29) is 76.6 Å². The summed E-state index contributed by atoms with van der Waals surface area (Å²) in [6.07, 6.45) is 4.42. The number of aromatic nitrogens is 2. The van der Waals surface area contributed by atoms with E-state index in [4.69, 9.17) is 33.8 Å². The zero-order valence-electron chi connectivity index (χ0n) is 30.7. The molecule has 7 amide bonds. The molecule has 300 valence electrons. The highest BCUT2D eigenvalue weighted by molar-refractivity contribution is 6.05. The summed E-state index contributed by atoms with van der Waals surface area (Å²) >= 11 is 0. The van der Waals surface area contributed by atoms with Crippen LogP contribution in [0.5, 0.6) is 0 Å². The van der Waals surface area contributed by atoms with Gasteiger partial charge in [-0.15, -0.1) is 0 Å². The molecule has 54 heavy (non-hydrogen) atoms. The van der Waals surface area contributed by atoms with E-state index in [2.05, 4.69) is 41.9 Å². The van der Waals surface area contributed by atoms with Crippen molar-refractivity contribution < 1.29 is 33.6 Å². The lowest BCUT2D eigenvalue weighted by molar-refractivity contribution is -0.144. The number of primary amides is 2. The molecule has 22 nitrogen and oxygen atoms in total. The van der Waals surface area contributed by atoms with Gasteiger partial charge in [0.2, 0.25) is 41.4 Å². The van der Waals surface area contributed by atoms with Crippen molar-refractivity contribution in [3.8, 4) is 0 Å². The predicted octanol–water partition coefficient (Wildman–Crippen LogP) is -4.18. The molecule has 0 aromatic carbocycles. The fourth-order valence-corrected chi connectivity index (χ4v) is 5.60. The van der Waals surface area contributed by atoms with Gasteiger partial charge in [0.1, 0.15) is 29.6 Å². The summed E-state index contributed by atoms with van der Waals surface area (Å²) in [7, 11) is 0. The Morgan fingerprint density at radius 3 is 2.04 bits per heavy atom. The van der Waals surface area contributed by atoms with Crippen LogP contribution in [-0.4, -0.2) is 118 Å². The van der Waals surface area contributed by atoms with Crippen molar-refractivity contribution in [2.24, 2.45) is 28.3 Å². The van der Waals surface area contributed by atoms with E-state index in [1.807, 2.05) is 0 Å². The molecule has 22 heteroatoms. The zero-order valence-corrected chi connectivity index (χ0v) is 30.7. The number of nitrogens with zero attached hydrogens (tertiary/aromatic N) is 2. The van der Waals surface area contributed by atoms with Crippen LogP contribution >= 0.6 is 0 Å². The highest BCUT2D eigenvalue weighted by Gasteiger charge is 2.41. The Hall–Kier alpha value is -5.96. The summed E-state index contributed by atoms with van der Waals surface area (Å²) in [6, 6.07) is -4.69. The Balaban J connectivity index is 2.22. The maximum absolute atomic E-state index is 14.1. The number of hydrogen-bond donors (Lipinski definition) is 13. The Kier molecular flexibility index (Phi) is 17.6. The number of likely N-dealkylation sites (tertiary alicyclic amines) is 1. The van der Waals surface area contributed by atoms with E-state index < -0.39 is 70.9 Å². The summed E-state index contributed by atoms with van der Waals surface area (Å²) in [4.78, 5) is 99.6. The molecular weight excluding hydrogens is 706 g/mol. The molecule has 1 fully saturated rings. The van der Waals surface area contributed by atoms with Gasteiger partial charge in [0.25, 0.3) is 0 Å². The quantitative estimate of drug-likeness (QED) is 0.0219. The van der Waals surface area contributed by atoms with Gasteiger partial charge in [-0.25, -0.2) is 4.98 Å². The minimum atomic E-state index is -1.66. The summed E-state index contributed by atoms with van der Waals surface area (Å²) in [5.41, 5.74) is 20.6. The number of amides is 7. The summed E-state index contributed by atoms with van der Waals surface area (Å²) in [5.74, 6) is -5.63.